The number of aromatic nitrogens is 2. The zero-order valence-electron chi connectivity index (χ0n) is 16.4. The number of hydrogen-bond donors (Lipinski definition) is 1. The Labute approximate surface area is 164 Å². The van der Waals surface area contributed by atoms with E-state index >= 15 is 0 Å². The number of non-ortho nitro benzene ring substituents is 1. The largest absolute Gasteiger partial charge is 0.460 e. The second kappa shape index (κ2) is 7.94. The molecule has 1 atom stereocenters. The summed E-state index contributed by atoms with van der Waals surface area (Å²) in [7, 11) is 0. The van der Waals surface area contributed by atoms with E-state index in [1.807, 2.05) is 0 Å². The minimum absolute atomic E-state index is 0.00427. The van der Waals surface area contributed by atoms with E-state index in [1.165, 1.54) is 6.92 Å². The third-order valence-corrected chi connectivity index (χ3v) is 4.00. The molecule has 29 heavy (non-hydrogen) atoms. The Morgan fingerprint density at radius 1 is 1.38 bits per heavy atom. The van der Waals surface area contributed by atoms with Crippen LogP contribution in [0, 0.1) is 22.9 Å². The molecule has 11 heteroatoms. The van der Waals surface area contributed by atoms with Crippen LogP contribution in [0.1, 0.15) is 45.5 Å². The van der Waals surface area contributed by atoms with Crippen molar-refractivity contribution in [2.45, 2.75) is 52.2 Å². The van der Waals surface area contributed by atoms with Crippen molar-refractivity contribution < 1.29 is 23.6 Å². The summed E-state index contributed by atoms with van der Waals surface area (Å²) in [6.45, 7) is 6.41. The van der Waals surface area contributed by atoms with Gasteiger partial charge in [-0.2, -0.15) is 0 Å². The van der Waals surface area contributed by atoms with E-state index in [1.54, 1.807) is 20.8 Å². The SMILES string of the molecule is Cc1nc2cc(F)cc([N+](=O)[O-])c2c(=O)n1[C@H](CCC(=O)OC(C)(C)C)C(N)=O. The molecule has 0 saturated heterocycles. The van der Waals surface area contributed by atoms with Crippen LogP contribution in [-0.4, -0.2) is 32.0 Å². The minimum atomic E-state index is -1.29. The summed E-state index contributed by atoms with van der Waals surface area (Å²) < 4.78 is 19.7. The van der Waals surface area contributed by atoms with Crippen molar-refractivity contribution in [1.29, 1.82) is 0 Å². The third-order valence-electron chi connectivity index (χ3n) is 4.00. The predicted molar refractivity (Wildman–Crippen MR) is 101 cm³/mol. The highest BCUT2D eigenvalue weighted by atomic mass is 19.1. The fourth-order valence-corrected chi connectivity index (χ4v) is 2.94. The van der Waals surface area contributed by atoms with Crippen LogP contribution >= 0.6 is 0 Å². The molecule has 0 aliphatic carbocycles. The second-order valence-corrected chi connectivity index (χ2v) is 7.45. The number of ether oxygens (including phenoxy) is 1. The maximum absolute atomic E-state index is 13.7. The van der Waals surface area contributed by atoms with Crippen molar-refractivity contribution >= 4 is 28.5 Å². The zero-order valence-corrected chi connectivity index (χ0v) is 16.4. The fraction of sp³-hybridized carbons (Fsp3) is 0.444. The molecule has 10 nitrogen and oxygen atoms in total. The molecular weight excluding hydrogens is 387 g/mol. The molecule has 0 bridgehead atoms. The summed E-state index contributed by atoms with van der Waals surface area (Å²) in [6.07, 6.45) is -0.395. The van der Waals surface area contributed by atoms with Crippen molar-refractivity contribution in [2.24, 2.45) is 5.73 Å². The van der Waals surface area contributed by atoms with Gasteiger partial charge in [0.25, 0.3) is 11.2 Å². The lowest BCUT2D eigenvalue weighted by molar-refractivity contribution is -0.383. The monoisotopic (exact) mass is 408 g/mol. The van der Waals surface area contributed by atoms with Gasteiger partial charge in [0.05, 0.1) is 16.5 Å². The summed E-state index contributed by atoms with van der Waals surface area (Å²) in [5, 5.41) is 10.8. The summed E-state index contributed by atoms with van der Waals surface area (Å²) in [6, 6.07) is 0.197. The number of esters is 1. The number of benzene rings is 1. The van der Waals surface area contributed by atoms with Crippen LogP contribution in [0.25, 0.3) is 10.9 Å². The highest BCUT2D eigenvalue weighted by Gasteiger charge is 2.28. The van der Waals surface area contributed by atoms with E-state index < -0.39 is 50.9 Å². The maximum Gasteiger partial charge on any atom is 0.306 e. The number of fused-ring (bicyclic) bond motifs is 1. The molecule has 1 aromatic heterocycles. The van der Waals surface area contributed by atoms with Gasteiger partial charge in [0, 0.05) is 12.5 Å². The molecule has 1 amide bonds. The summed E-state index contributed by atoms with van der Waals surface area (Å²) >= 11 is 0. The molecule has 1 aromatic carbocycles. The number of aryl methyl sites for hydroxylation is 1. The van der Waals surface area contributed by atoms with Crippen LogP contribution in [0.2, 0.25) is 0 Å². The van der Waals surface area contributed by atoms with Crippen LogP contribution < -0.4 is 11.3 Å². The van der Waals surface area contributed by atoms with E-state index in [-0.39, 0.29) is 24.2 Å². The van der Waals surface area contributed by atoms with Crippen molar-refractivity contribution in [1.82, 2.24) is 9.55 Å². The predicted octanol–water partition coefficient (Wildman–Crippen LogP) is 1.90. The number of carbonyl (C=O) groups excluding carboxylic acids is 2. The number of carbonyl (C=O) groups is 2. The standard InChI is InChI=1S/C18H21FN4O6/c1-9-21-11-7-10(19)8-13(23(27)28)15(11)17(26)22(9)12(16(20)25)5-6-14(24)29-18(2,3)4/h7-8,12H,5-6H2,1-4H3,(H2,20,25)/t12-/m1/s1. The number of nitrogens with two attached hydrogens (primary N) is 1. The Kier molecular flexibility index (Phi) is 6.00. The van der Waals surface area contributed by atoms with Crippen molar-refractivity contribution in [2.75, 3.05) is 0 Å². The van der Waals surface area contributed by atoms with Gasteiger partial charge in [0.1, 0.15) is 28.7 Å². The smallest absolute Gasteiger partial charge is 0.306 e. The molecule has 0 aliphatic heterocycles. The molecule has 0 fully saturated rings. The number of nitrogens with zero attached hydrogens (tertiary/aromatic N) is 3. The highest BCUT2D eigenvalue weighted by Crippen LogP contribution is 2.25. The first kappa shape index (κ1) is 21.9. The third kappa shape index (κ3) is 4.92. The molecule has 0 unspecified atom stereocenters. The van der Waals surface area contributed by atoms with E-state index in [2.05, 4.69) is 4.98 Å². The molecule has 0 spiro atoms. The number of hydrogen-bond acceptors (Lipinski definition) is 7. The average Bonchev–Trinajstić information content (AvgIpc) is 2.54. The fourth-order valence-electron chi connectivity index (χ4n) is 2.94. The first-order valence-electron chi connectivity index (χ1n) is 8.69. The lowest BCUT2D eigenvalue weighted by Crippen LogP contribution is -2.36. The van der Waals surface area contributed by atoms with Gasteiger partial charge in [0.15, 0.2) is 0 Å². The van der Waals surface area contributed by atoms with E-state index in [4.69, 9.17) is 10.5 Å². The quantitative estimate of drug-likeness (QED) is 0.436. The Hall–Kier alpha value is -3.37. The molecule has 0 aliphatic rings. The second-order valence-electron chi connectivity index (χ2n) is 7.45. The first-order valence-corrected chi connectivity index (χ1v) is 8.69. The van der Waals surface area contributed by atoms with Gasteiger partial charge in [-0.1, -0.05) is 0 Å². The van der Waals surface area contributed by atoms with Crippen molar-refractivity contribution in [3.05, 3.63) is 44.2 Å². The topological polar surface area (TPSA) is 147 Å². The van der Waals surface area contributed by atoms with Crippen LogP contribution in [-0.2, 0) is 14.3 Å². The minimum Gasteiger partial charge on any atom is -0.460 e. The van der Waals surface area contributed by atoms with Crippen LogP contribution in [0.15, 0.2) is 16.9 Å². The Morgan fingerprint density at radius 3 is 2.52 bits per heavy atom. The van der Waals surface area contributed by atoms with Crippen molar-refractivity contribution in [3.63, 3.8) is 0 Å². The van der Waals surface area contributed by atoms with Gasteiger partial charge in [-0.05, 0) is 34.1 Å². The van der Waals surface area contributed by atoms with E-state index in [9.17, 15) is 28.9 Å². The van der Waals surface area contributed by atoms with Gasteiger partial charge in [-0.15, -0.1) is 0 Å². The van der Waals surface area contributed by atoms with Gasteiger partial charge < -0.3 is 10.5 Å². The van der Waals surface area contributed by atoms with Gasteiger partial charge in [0.2, 0.25) is 5.91 Å². The summed E-state index contributed by atoms with van der Waals surface area (Å²) in [5.74, 6) is -2.46. The number of primary amides is 1. The number of nitro benzene ring substituents is 1. The lowest BCUT2D eigenvalue weighted by atomic mass is 10.1. The van der Waals surface area contributed by atoms with Gasteiger partial charge in [-0.25, -0.2) is 9.37 Å². The molecule has 2 N–H and O–H groups in total. The molecule has 0 radical (unpaired) electrons. The van der Waals surface area contributed by atoms with E-state index in [0.717, 1.165) is 10.6 Å². The number of rotatable bonds is 6. The molecule has 1 heterocycles. The Morgan fingerprint density at radius 2 is 2.00 bits per heavy atom. The molecule has 2 rings (SSSR count). The first-order chi connectivity index (χ1) is 13.3. The summed E-state index contributed by atoms with van der Waals surface area (Å²) in [5.41, 5.74) is 2.76. The number of amides is 1. The van der Waals surface area contributed by atoms with E-state index in [0.29, 0.717) is 6.07 Å². The van der Waals surface area contributed by atoms with Crippen LogP contribution in [0.5, 0.6) is 0 Å². The molecule has 0 saturated carbocycles. The normalized spacial score (nSPS) is 12.6. The van der Waals surface area contributed by atoms with Crippen molar-refractivity contribution in [3.8, 4) is 0 Å². The Bertz CT molecular complexity index is 1060. The van der Waals surface area contributed by atoms with Gasteiger partial charge in [-0.3, -0.25) is 29.1 Å². The molecule has 2 aromatic rings. The lowest BCUT2D eigenvalue weighted by Gasteiger charge is -2.22. The van der Waals surface area contributed by atoms with Crippen LogP contribution in [0.4, 0.5) is 10.1 Å². The number of nitro groups is 1. The van der Waals surface area contributed by atoms with Gasteiger partial charge >= 0.3 is 5.97 Å². The number of halogens is 1. The molecule has 156 valence electrons. The Balaban J connectivity index is 2.56. The van der Waals surface area contributed by atoms with Crippen LogP contribution in [0.3, 0.4) is 0 Å². The molecular formula is C18H21FN4O6. The zero-order chi connectivity index (χ0) is 22.1. The highest BCUT2D eigenvalue weighted by molar-refractivity contribution is 5.88. The maximum atomic E-state index is 13.7. The summed E-state index contributed by atoms with van der Waals surface area (Å²) in [4.78, 5) is 51.3. The average molecular weight is 408 g/mol.